The molecule has 0 unspecified atom stereocenters. The summed E-state index contributed by atoms with van der Waals surface area (Å²) in [6.07, 6.45) is 1.88. The number of carbonyl (C=O) groups excluding carboxylic acids is 6. The van der Waals surface area contributed by atoms with Crippen molar-refractivity contribution < 1.29 is 52.6 Å². The Bertz CT molecular complexity index is 1790. The van der Waals surface area contributed by atoms with Crippen LogP contribution in [0.3, 0.4) is 0 Å². The average Bonchev–Trinajstić information content (AvgIpc) is 3.41. The molecule has 3 heterocycles. The molecule has 0 saturated heterocycles. The first-order valence-electron chi connectivity index (χ1n) is 12.3. The summed E-state index contributed by atoms with van der Waals surface area (Å²) in [6, 6.07) is 9.22. The number of halogens is 2. The molecule has 12 nitrogen and oxygen atoms in total. The minimum Gasteiger partial charge on any atom is -0.456 e. The van der Waals surface area contributed by atoms with Crippen molar-refractivity contribution in [2.24, 2.45) is 0 Å². The van der Waals surface area contributed by atoms with Gasteiger partial charge in [-0.2, -0.15) is 0 Å². The third kappa shape index (κ3) is 4.47. The molecular formula is C29H15Cl2NO11. The Morgan fingerprint density at radius 3 is 1.81 bits per heavy atom. The van der Waals surface area contributed by atoms with Crippen LogP contribution >= 0.6 is 23.2 Å². The number of benzene rings is 3. The molecule has 0 aromatic heterocycles. The Kier molecular flexibility index (Phi) is 6.48. The maximum Gasteiger partial charge on any atom is 0.363 e. The number of imide groups is 1. The van der Waals surface area contributed by atoms with E-state index in [1.165, 1.54) is 56.3 Å². The van der Waals surface area contributed by atoms with Gasteiger partial charge in [-0.25, -0.2) is 9.59 Å². The predicted molar refractivity (Wildman–Crippen MR) is 144 cm³/mol. The van der Waals surface area contributed by atoms with Crippen molar-refractivity contribution in [3.8, 4) is 23.0 Å². The first-order chi connectivity index (χ1) is 20.4. The van der Waals surface area contributed by atoms with Crippen molar-refractivity contribution in [1.82, 2.24) is 5.06 Å². The van der Waals surface area contributed by atoms with Gasteiger partial charge in [0.1, 0.15) is 11.5 Å². The predicted octanol–water partition coefficient (Wildman–Crippen LogP) is 4.41. The molecule has 0 saturated carbocycles. The van der Waals surface area contributed by atoms with Crippen LogP contribution < -0.4 is 14.2 Å². The van der Waals surface area contributed by atoms with Gasteiger partial charge >= 0.3 is 23.9 Å². The van der Waals surface area contributed by atoms with Gasteiger partial charge in [0.05, 0.1) is 21.2 Å². The zero-order valence-corrected chi connectivity index (χ0v) is 23.4. The zero-order valence-electron chi connectivity index (χ0n) is 21.9. The Labute approximate surface area is 251 Å². The molecule has 0 N–H and O–H groups in total. The van der Waals surface area contributed by atoms with E-state index in [1.54, 1.807) is 0 Å². The summed E-state index contributed by atoms with van der Waals surface area (Å²) in [4.78, 5) is 78.6. The van der Waals surface area contributed by atoms with Crippen LogP contribution in [0.5, 0.6) is 23.0 Å². The minimum atomic E-state index is -1.84. The van der Waals surface area contributed by atoms with E-state index >= 15 is 0 Å². The van der Waals surface area contributed by atoms with Crippen LogP contribution in [0.2, 0.25) is 10.0 Å². The van der Waals surface area contributed by atoms with Crippen molar-refractivity contribution in [3.05, 3.63) is 92.5 Å². The van der Waals surface area contributed by atoms with Crippen LogP contribution in [0, 0.1) is 0 Å². The van der Waals surface area contributed by atoms with E-state index in [-0.39, 0.29) is 60.9 Å². The van der Waals surface area contributed by atoms with E-state index in [0.29, 0.717) is 5.06 Å². The second-order valence-corrected chi connectivity index (χ2v) is 10.2. The first-order valence-corrected chi connectivity index (χ1v) is 13.0. The molecule has 14 heteroatoms. The monoisotopic (exact) mass is 623 g/mol. The molecule has 3 aromatic rings. The number of fused-ring (bicyclic) bond motifs is 6. The van der Waals surface area contributed by atoms with Gasteiger partial charge < -0.3 is 23.8 Å². The quantitative estimate of drug-likeness (QED) is 0.231. The lowest BCUT2D eigenvalue weighted by Gasteiger charge is -2.37. The van der Waals surface area contributed by atoms with Gasteiger partial charge in [0, 0.05) is 54.8 Å². The number of rotatable bonds is 4. The van der Waals surface area contributed by atoms with Gasteiger partial charge in [0.15, 0.2) is 17.1 Å². The van der Waals surface area contributed by atoms with Gasteiger partial charge in [-0.05, 0) is 30.3 Å². The largest absolute Gasteiger partial charge is 0.456 e. The van der Waals surface area contributed by atoms with Crippen LogP contribution in [-0.2, 0) is 34.4 Å². The van der Waals surface area contributed by atoms with Gasteiger partial charge in [-0.1, -0.05) is 28.3 Å². The van der Waals surface area contributed by atoms with Crippen molar-refractivity contribution in [2.75, 3.05) is 0 Å². The van der Waals surface area contributed by atoms with Crippen LogP contribution in [0.1, 0.15) is 51.3 Å². The average molecular weight is 624 g/mol. The van der Waals surface area contributed by atoms with E-state index in [2.05, 4.69) is 0 Å². The normalized spacial score (nSPS) is 15.3. The van der Waals surface area contributed by atoms with E-state index in [1.807, 2.05) is 0 Å². The number of hydrogen-bond donors (Lipinski definition) is 0. The molecule has 0 fully saturated rings. The molecule has 1 spiro atoms. The lowest BCUT2D eigenvalue weighted by molar-refractivity contribution is -0.170. The maximum absolute atomic E-state index is 13.3. The van der Waals surface area contributed by atoms with Crippen molar-refractivity contribution in [1.29, 1.82) is 0 Å². The van der Waals surface area contributed by atoms with Gasteiger partial charge in [0.25, 0.3) is 11.8 Å². The molecular weight excluding hydrogens is 609 g/mol. The van der Waals surface area contributed by atoms with E-state index in [0.717, 1.165) is 12.2 Å². The molecule has 3 aliphatic rings. The molecule has 2 amide bonds. The lowest BCUT2D eigenvalue weighted by atomic mass is 9.77. The third-order valence-corrected chi connectivity index (χ3v) is 7.19. The van der Waals surface area contributed by atoms with Gasteiger partial charge in [-0.3, -0.25) is 19.2 Å². The van der Waals surface area contributed by atoms with Crippen molar-refractivity contribution >= 4 is 58.9 Å². The molecule has 216 valence electrons. The fourth-order valence-corrected chi connectivity index (χ4v) is 5.32. The minimum absolute atomic E-state index is 0.0391. The van der Waals surface area contributed by atoms with Gasteiger partial charge in [-0.15, -0.1) is 0 Å². The molecule has 0 bridgehead atoms. The van der Waals surface area contributed by atoms with Crippen LogP contribution in [0.25, 0.3) is 0 Å². The summed E-state index contributed by atoms with van der Waals surface area (Å²) in [5.41, 5.74) is -1.48. The van der Waals surface area contributed by atoms with E-state index in [9.17, 15) is 28.8 Å². The molecule has 6 rings (SSSR count). The molecule has 43 heavy (non-hydrogen) atoms. The highest BCUT2D eigenvalue weighted by molar-refractivity contribution is 6.33. The summed E-state index contributed by atoms with van der Waals surface area (Å²) in [5, 5.41) is 0.210. The van der Waals surface area contributed by atoms with Crippen LogP contribution in [-0.4, -0.2) is 40.8 Å². The summed E-state index contributed by atoms with van der Waals surface area (Å²) in [6.45, 7) is 2.35. The number of esters is 3. The number of amides is 2. The van der Waals surface area contributed by atoms with Crippen molar-refractivity contribution in [3.63, 3.8) is 0 Å². The lowest BCUT2D eigenvalue weighted by Crippen LogP contribution is -2.34. The number of hydrogen-bond acceptors (Lipinski definition) is 11. The Hall–Kier alpha value is -5.20. The maximum atomic E-state index is 13.3. The highest BCUT2D eigenvalue weighted by atomic mass is 35.5. The molecule has 0 atom stereocenters. The Morgan fingerprint density at radius 2 is 1.30 bits per heavy atom. The summed E-state index contributed by atoms with van der Waals surface area (Å²) < 4.78 is 22.5. The van der Waals surface area contributed by atoms with Crippen molar-refractivity contribution in [2.45, 2.75) is 19.4 Å². The number of carbonyl (C=O) groups is 6. The second kappa shape index (κ2) is 9.96. The van der Waals surface area contributed by atoms with Gasteiger partial charge in [0.2, 0.25) is 0 Å². The van der Waals surface area contributed by atoms with Crippen LogP contribution in [0.4, 0.5) is 0 Å². The number of hydroxylamine groups is 2. The molecule has 0 radical (unpaired) electrons. The zero-order chi connectivity index (χ0) is 30.8. The molecule has 3 aliphatic heterocycles. The number of ether oxygens (including phenoxy) is 4. The number of nitrogens with zero attached hydrogens (tertiary/aromatic N) is 1. The fraction of sp³-hybridized carbons (Fsp3) is 0.103. The Morgan fingerprint density at radius 1 is 0.767 bits per heavy atom. The smallest absolute Gasteiger partial charge is 0.363 e. The fourth-order valence-electron chi connectivity index (χ4n) is 4.92. The second-order valence-electron chi connectivity index (χ2n) is 9.36. The summed E-state index contributed by atoms with van der Waals surface area (Å²) in [7, 11) is 0. The molecule has 3 aromatic carbocycles. The molecule has 0 aliphatic carbocycles. The summed E-state index contributed by atoms with van der Waals surface area (Å²) >= 11 is 12.9. The highest BCUT2D eigenvalue weighted by Gasteiger charge is 2.54. The standard InChI is InChI=1S/C29H15Cl2NO11/c1-12(33)39-23-10-21-17(8-19(23)30)29(18-9-20(31)24(40-13(2)34)11-22(18)41-21)16-7-14(3-4-15(16)28(38)42-29)27(37)43-32-25(35)5-6-26(32)36/h3-11H,1-2H3. The van der Waals surface area contributed by atoms with E-state index in [4.69, 9.17) is 47.0 Å². The summed E-state index contributed by atoms with van der Waals surface area (Å²) in [5.74, 6) is -4.94. The third-order valence-electron chi connectivity index (χ3n) is 6.60. The topological polar surface area (TPSA) is 152 Å². The van der Waals surface area contributed by atoms with Crippen LogP contribution in [0.15, 0.2) is 54.6 Å². The SMILES string of the molecule is CC(=O)Oc1cc2c(cc1Cl)C1(OC(=O)c3ccc(C(=O)ON4C(=O)C=CC4=O)cc31)c1cc(Cl)c(OC(C)=O)cc1O2. The first kappa shape index (κ1) is 27.9. The highest BCUT2D eigenvalue weighted by Crippen LogP contribution is 2.59. The van der Waals surface area contributed by atoms with E-state index < -0.39 is 41.3 Å². The Balaban J connectivity index is 1.56.